The number of hydrogen-bond acceptors (Lipinski definition) is 2. The molecule has 1 aromatic rings. The molecule has 0 fully saturated rings. The third-order valence-electron chi connectivity index (χ3n) is 1.38. The summed E-state index contributed by atoms with van der Waals surface area (Å²) in [5, 5.41) is 2.80. The summed E-state index contributed by atoms with van der Waals surface area (Å²) in [6, 6.07) is 5.30. The molecule has 2 nitrogen and oxygen atoms in total. The monoisotopic (exact) mass is 250 g/mol. The van der Waals surface area contributed by atoms with Gasteiger partial charge in [0.05, 0.1) is 0 Å². The zero-order valence-corrected chi connectivity index (χ0v) is 8.39. The second kappa shape index (κ2) is 5.11. The van der Waals surface area contributed by atoms with Crippen LogP contribution in [0.25, 0.3) is 0 Å². The van der Waals surface area contributed by atoms with Crippen molar-refractivity contribution in [2.24, 2.45) is 0 Å². The van der Waals surface area contributed by atoms with Gasteiger partial charge >= 0.3 is 0 Å². The fourth-order valence-electron chi connectivity index (χ4n) is 0.816. The van der Waals surface area contributed by atoms with Crippen molar-refractivity contribution in [3.8, 4) is 0 Å². The summed E-state index contributed by atoms with van der Waals surface area (Å²) >= 11 is 3.18. The van der Waals surface area contributed by atoms with Crippen molar-refractivity contribution in [2.75, 3.05) is 11.9 Å². The highest BCUT2D eigenvalue weighted by molar-refractivity contribution is 9.10. The Labute approximate surface area is 83.5 Å². The average molecular weight is 251 g/mol. The van der Waals surface area contributed by atoms with Gasteiger partial charge in [0, 0.05) is 13.0 Å². The molecule has 1 aromatic heterocycles. The van der Waals surface area contributed by atoms with Crippen LogP contribution >= 0.6 is 15.9 Å². The molecule has 1 rings (SSSR count). The van der Waals surface area contributed by atoms with Crippen molar-refractivity contribution in [1.29, 1.82) is 0 Å². The van der Waals surface area contributed by atoms with E-state index in [4.69, 9.17) is 0 Å². The van der Waals surface area contributed by atoms with E-state index >= 15 is 0 Å². The molecule has 0 saturated carbocycles. The summed E-state index contributed by atoms with van der Waals surface area (Å²) in [4.78, 5) is 4.03. The van der Waals surface area contributed by atoms with Gasteiger partial charge in [0.15, 0.2) is 0 Å². The van der Waals surface area contributed by atoms with Gasteiger partial charge in [-0.15, -0.1) is 0 Å². The molecular formula is C8H9BrF2N2. The molecule has 0 aliphatic heterocycles. The lowest BCUT2D eigenvalue weighted by Crippen LogP contribution is -2.07. The van der Waals surface area contributed by atoms with E-state index in [0.29, 0.717) is 10.4 Å². The first-order valence-corrected chi connectivity index (χ1v) is 4.62. The van der Waals surface area contributed by atoms with Crippen LogP contribution in [0.5, 0.6) is 0 Å². The van der Waals surface area contributed by atoms with Crippen LogP contribution in [-0.4, -0.2) is 18.0 Å². The smallest absolute Gasteiger partial charge is 0.240 e. The minimum absolute atomic E-state index is 0.159. The van der Waals surface area contributed by atoms with Crippen LogP contribution in [0.15, 0.2) is 22.8 Å². The van der Waals surface area contributed by atoms with Crippen LogP contribution in [-0.2, 0) is 0 Å². The first kappa shape index (κ1) is 10.4. The summed E-state index contributed by atoms with van der Waals surface area (Å²) in [5.41, 5.74) is 0. The van der Waals surface area contributed by atoms with E-state index in [0.717, 1.165) is 0 Å². The summed E-state index contributed by atoms with van der Waals surface area (Å²) in [6.45, 7) is 0.237. The number of nitrogens with one attached hydrogen (secondary N) is 1. The zero-order valence-electron chi connectivity index (χ0n) is 6.80. The molecule has 0 saturated heterocycles. The van der Waals surface area contributed by atoms with Crippen LogP contribution < -0.4 is 5.32 Å². The van der Waals surface area contributed by atoms with Gasteiger partial charge in [-0.1, -0.05) is 6.07 Å². The first-order chi connectivity index (χ1) is 6.18. The predicted molar refractivity (Wildman–Crippen MR) is 51.0 cm³/mol. The molecule has 0 spiro atoms. The van der Waals surface area contributed by atoms with E-state index in [2.05, 4.69) is 26.2 Å². The van der Waals surface area contributed by atoms with Crippen molar-refractivity contribution in [1.82, 2.24) is 4.98 Å². The van der Waals surface area contributed by atoms with Gasteiger partial charge in [-0.05, 0) is 28.1 Å². The molecular weight excluding hydrogens is 242 g/mol. The van der Waals surface area contributed by atoms with E-state index in [9.17, 15) is 8.78 Å². The second-order valence-corrected chi connectivity index (χ2v) is 3.26. The minimum Gasteiger partial charge on any atom is -0.370 e. The van der Waals surface area contributed by atoms with Crippen molar-refractivity contribution in [3.05, 3.63) is 22.8 Å². The summed E-state index contributed by atoms with van der Waals surface area (Å²) in [6.07, 6.45) is -2.42. The maximum atomic E-state index is 11.7. The molecule has 0 aromatic carbocycles. The van der Waals surface area contributed by atoms with Crippen molar-refractivity contribution in [2.45, 2.75) is 12.8 Å². The predicted octanol–water partition coefficient (Wildman–Crippen LogP) is 2.91. The zero-order chi connectivity index (χ0) is 9.68. The lowest BCUT2D eigenvalue weighted by Gasteiger charge is -2.04. The highest BCUT2D eigenvalue weighted by Gasteiger charge is 2.01. The van der Waals surface area contributed by atoms with Crippen LogP contribution in [0.4, 0.5) is 14.6 Å². The SMILES string of the molecule is FC(F)CCNc1cccc(Br)n1. The topological polar surface area (TPSA) is 24.9 Å². The quantitative estimate of drug-likeness (QED) is 0.832. The van der Waals surface area contributed by atoms with Crippen molar-refractivity contribution < 1.29 is 8.78 Å². The highest BCUT2D eigenvalue weighted by Crippen LogP contribution is 2.10. The molecule has 0 amide bonds. The van der Waals surface area contributed by atoms with Gasteiger partial charge in [-0.2, -0.15) is 0 Å². The number of halogens is 3. The molecule has 13 heavy (non-hydrogen) atoms. The number of rotatable bonds is 4. The van der Waals surface area contributed by atoms with Gasteiger partial charge in [0.25, 0.3) is 0 Å². The molecule has 0 unspecified atom stereocenters. The third-order valence-corrected chi connectivity index (χ3v) is 1.83. The van der Waals surface area contributed by atoms with E-state index in [1.807, 2.05) is 0 Å². The van der Waals surface area contributed by atoms with Gasteiger partial charge in [-0.25, -0.2) is 13.8 Å². The Kier molecular flexibility index (Phi) is 4.08. The molecule has 0 radical (unpaired) electrons. The Balaban J connectivity index is 2.37. The van der Waals surface area contributed by atoms with Crippen molar-refractivity contribution in [3.63, 3.8) is 0 Å². The van der Waals surface area contributed by atoms with Gasteiger partial charge in [0.1, 0.15) is 10.4 Å². The van der Waals surface area contributed by atoms with Crippen LogP contribution in [0.2, 0.25) is 0 Å². The molecule has 0 aliphatic rings. The second-order valence-electron chi connectivity index (χ2n) is 2.45. The Bertz CT molecular complexity index is 268. The minimum atomic E-state index is -2.26. The Morgan fingerprint density at radius 2 is 2.23 bits per heavy atom. The van der Waals surface area contributed by atoms with Crippen molar-refractivity contribution >= 4 is 21.7 Å². The van der Waals surface area contributed by atoms with Gasteiger partial charge in [-0.3, -0.25) is 0 Å². The van der Waals surface area contributed by atoms with Gasteiger partial charge in [0.2, 0.25) is 6.43 Å². The summed E-state index contributed by atoms with van der Waals surface area (Å²) < 4.78 is 24.2. The fraction of sp³-hybridized carbons (Fsp3) is 0.375. The molecule has 5 heteroatoms. The molecule has 0 atom stereocenters. The summed E-state index contributed by atoms with van der Waals surface area (Å²) in [7, 11) is 0. The fourth-order valence-corrected chi connectivity index (χ4v) is 1.16. The maximum Gasteiger partial charge on any atom is 0.240 e. The molecule has 1 heterocycles. The average Bonchev–Trinajstić information content (AvgIpc) is 2.03. The highest BCUT2D eigenvalue weighted by atomic mass is 79.9. The lowest BCUT2D eigenvalue weighted by atomic mass is 10.4. The maximum absolute atomic E-state index is 11.7. The van der Waals surface area contributed by atoms with Crippen LogP contribution in [0, 0.1) is 0 Å². The van der Waals surface area contributed by atoms with Crippen LogP contribution in [0.3, 0.4) is 0 Å². The normalized spacial score (nSPS) is 10.5. The number of anilines is 1. The van der Waals surface area contributed by atoms with E-state index in [1.165, 1.54) is 0 Å². The number of aromatic nitrogens is 1. The van der Waals surface area contributed by atoms with E-state index < -0.39 is 6.43 Å². The molecule has 0 aliphatic carbocycles. The number of hydrogen-bond donors (Lipinski definition) is 1. The third kappa shape index (κ3) is 4.17. The standard InChI is InChI=1S/C8H9BrF2N2/c9-6-2-1-3-8(13-6)12-5-4-7(10)11/h1-3,7H,4-5H2,(H,12,13). The number of nitrogens with zero attached hydrogens (tertiary/aromatic N) is 1. The number of alkyl halides is 2. The van der Waals surface area contributed by atoms with Crippen LogP contribution in [0.1, 0.15) is 6.42 Å². The van der Waals surface area contributed by atoms with E-state index in [1.54, 1.807) is 18.2 Å². The molecule has 0 bridgehead atoms. The largest absolute Gasteiger partial charge is 0.370 e. The Morgan fingerprint density at radius 3 is 2.85 bits per heavy atom. The Morgan fingerprint density at radius 1 is 1.46 bits per heavy atom. The molecule has 1 N–H and O–H groups in total. The number of pyridine rings is 1. The molecule has 72 valence electrons. The Hall–Kier alpha value is -0.710. The van der Waals surface area contributed by atoms with Gasteiger partial charge < -0.3 is 5.32 Å². The lowest BCUT2D eigenvalue weighted by molar-refractivity contribution is 0.142. The first-order valence-electron chi connectivity index (χ1n) is 3.83. The van der Waals surface area contributed by atoms with E-state index in [-0.39, 0.29) is 13.0 Å². The summed E-state index contributed by atoms with van der Waals surface area (Å²) in [5.74, 6) is 0.607.